The number of thioether (sulfide) groups is 2. The van der Waals surface area contributed by atoms with E-state index in [1.807, 2.05) is 35.2 Å². The van der Waals surface area contributed by atoms with Crippen LogP contribution in [0.2, 0.25) is 0 Å². The van der Waals surface area contributed by atoms with Gasteiger partial charge in [-0.2, -0.15) is 11.8 Å². The lowest BCUT2D eigenvalue weighted by atomic mass is 10.0. The maximum atomic E-state index is 12.1. The summed E-state index contributed by atoms with van der Waals surface area (Å²) in [4.78, 5) is 24.5. The van der Waals surface area contributed by atoms with Gasteiger partial charge < -0.3 is 19.8 Å². The van der Waals surface area contributed by atoms with Gasteiger partial charge in [0.15, 0.2) is 0 Å². The average Bonchev–Trinajstić information content (AvgIpc) is 3.03. The molecule has 1 fully saturated rings. The molecule has 0 aliphatic carbocycles. The monoisotopic (exact) mass is 439 g/mol. The van der Waals surface area contributed by atoms with E-state index in [2.05, 4.69) is 0 Å². The van der Waals surface area contributed by atoms with E-state index in [1.54, 1.807) is 24.9 Å². The molecular weight excluding hydrogens is 410 g/mol. The summed E-state index contributed by atoms with van der Waals surface area (Å²) in [7, 11) is 1.66. The summed E-state index contributed by atoms with van der Waals surface area (Å²) in [6, 6.07) is 7.96. The van der Waals surface area contributed by atoms with Gasteiger partial charge in [-0.3, -0.25) is 9.59 Å². The number of methoxy groups -OCH3 is 1. The lowest BCUT2D eigenvalue weighted by Crippen LogP contribution is -2.34. The molecule has 2 N–H and O–H groups in total. The van der Waals surface area contributed by atoms with Crippen molar-refractivity contribution in [3.8, 4) is 0 Å². The van der Waals surface area contributed by atoms with E-state index in [1.165, 1.54) is 11.8 Å². The van der Waals surface area contributed by atoms with Gasteiger partial charge in [-0.05, 0) is 23.3 Å². The number of hydrogen-bond acceptors (Lipinski definition) is 6. The highest BCUT2D eigenvalue weighted by molar-refractivity contribution is 8.13. The van der Waals surface area contributed by atoms with Crippen molar-refractivity contribution in [2.75, 3.05) is 30.9 Å². The van der Waals surface area contributed by atoms with Crippen LogP contribution in [0.3, 0.4) is 0 Å². The van der Waals surface area contributed by atoms with E-state index in [4.69, 9.17) is 9.84 Å². The molecule has 1 amide bonds. The Hall–Kier alpha value is -1.48. The summed E-state index contributed by atoms with van der Waals surface area (Å²) in [6.07, 6.45) is 4.44. The second-order valence-electron chi connectivity index (χ2n) is 6.86. The number of hydrogen-bond donors (Lipinski definition) is 2. The molecule has 29 heavy (non-hydrogen) atoms. The number of benzene rings is 1. The fraction of sp³-hybridized carbons (Fsp3) is 0.524. The van der Waals surface area contributed by atoms with Crippen LogP contribution < -0.4 is 0 Å². The summed E-state index contributed by atoms with van der Waals surface area (Å²) in [5.74, 6) is 1.48. The molecule has 8 heteroatoms. The zero-order valence-electron chi connectivity index (χ0n) is 16.7. The minimum Gasteiger partial charge on any atom is -0.481 e. The Morgan fingerprint density at radius 2 is 2.21 bits per heavy atom. The van der Waals surface area contributed by atoms with Crippen molar-refractivity contribution >= 4 is 34.7 Å². The molecule has 0 spiro atoms. The average molecular weight is 440 g/mol. The number of carboxylic acid groups (broad SMARTS) is 1. The normalized spacial score (nSPS) is 17.9. The summed E-state index contributed by atoms with van der Waals surface area (Å²) < 4.78 is 5.14. The highest BCUT2D eigenvalue weighted by Crippen LogP contribution is 2.25. The minimum atomic E-state index is -0.772. The van der Waals surface area contributed by atoms with Crippen LogP contribution in [0.25, 0.3) is 0 Å². The van der Waals surface area contributed by atoms with Gasteiger partial charge in [-0.1, -0.05) is 48.2 Å². The number of ether oxygens (including phenoxy) is 1. The first-order valence-electron chi connectivity index (χ1n) is 9.65. The number of amides is 1. The van der Waals surface area contributed by atoms with Crippen LogP contribution in [0.15, 0.2) is 36.4 Å². The number of aliphatic hydroxyl groups is 1. The largest absolute Gasteiger partial charge is 0.481 e. The van der Waals surface area contributed by atoms with Gasteiger partial charge >= 0.3 is 5.97 Å². The maximum Gasteiger partial charge on any atom is 0.303 e. The molecule has 2 rings (SSSR count). The molecule has 0 radical (unpaired) electrons. The molecular formula is C21H29NO5S2. The topological polar surface area (TPSA) is 87.1 Å². The molecule has 160 valence electrons. The van der Waals surface area contributed by atoms with E-state index in [9.17, 15) is 14.7 Å². The Kier molecular flexibility index (Phi) is 10.6. The molecule has 0 bridgehead atoms. The first-order chi connectivity index (χ1) is 14.0. The van der Waals surface area contributed by atoms with Crippen molar-refractivity contribution in [2.45, 2.75) is 38.0 Å². The smallest absolute Gasteiger partial charge is 0.303 e. The third kappa shape index (κ3) is 8.82. The summed E-state index contributed by atoms with van der Waals surface area (Å²) >= 11 is 2.97. The first kappa shape index (κ1) is 23.8. The zero-order chi connectivity index (χ0) is 21.1. The fourth-order valence-electron chi connectivity index (χ4n) is 3.05. The molecule has 1 aliphatic rings. The van der Waals surface area contributed by atoms with Crippen LogP contribution in [0.4, 0.5) is 4.79 Å². The number of carbonyl (C=O) groups is 2. The van der Waals surface area contributed by atoms with E-state index in [0.717, 1.165) is 22.6 Å². The van der Waals surface area contributed by atoms with Crippen molar-refractivity contribution in [2.24, 2.45) is 0 Å². The van der Waals surface area contributed by atoms with E-state index >= 15 is 0 Å². The molecule has 1 aromatic carbocycles. The number of aliphatic carboxylic acids is 1. The molecule has 0 aromatic heterocycles. The van der Waals surface area contributed by atoms with E-state index in [-0.39, 0.29) is 17.7 Å². The molecule has 0 saturated carbocycles. The maximum absolute atomic E-state index is 12.1. The highest BCUT2D eigenvalue weighted by atomic mass is 32.2. The van der Waals surface area contributed by atoms with Gasteiger partial charge in [-0.15, -0.1) is 0 Å². The van der Waals surface area contributed by atoms with Gasteiger partial charge in [0.1, 0.15) is 0 Å². The Labute approximate surface area is 180 Å². The third-order valence-electron chi connectivity index (χ3n) is 4.47. The van der Waals surface area contributed by atoms with E-state index < -0.39 is 12.1 Å². The Morgan fingerprint density at radius 1 is 1.41 bits per heavy atom. The Balaban J connectivity index is 1.79. The van der Waals surface area contributed by atoms with Crippen molar-refractivity contribution in [1.29, 1.82) is 0 Å². The van der Waals surface area contributed by atoms with E-state index in [0.29, 0.717) is 31.7 Å². The molecule has 2 atom stereocenters. The lowest BCUT2D eigenvalue weighted by molar-refractivity contribution is -0.137. The van der Waals surface area contributed by atoms with Gasteiger partial charge in [0.25, 0.3) is 5.24 Å². The summed E-state index contributed by atoms with van der Waals surface area (Å²) in [6.45, 7) is 1.18. The molecule has 1 saturated heterocycles. The Bertz CT molecular complexity index is 697. The van der Waals surface area contributed by atoms with Crippen LogP contribution in [0.1, 0.15) is 24.0 Å². The lowest BCUT2D eigenvalue weighted by Gasteiger charge is -2.21. The second-order valence-corrected chi connectivity index (χ2v) is 9.05. The van der Waals surface area contributed by atoms with Crippen molar-refractivity contribution in [3.05, 3.63) is 47.5 Å². The molecule has 6 nitrogen and oxygen atoms in total. The zero-order valence-corrected chi connectivity index (χ0v) is 18.3. The summed E-state index contributed by atoms with van der Waals surface area (Å²) in [5.41, 5.74) is 2.12. The quantitative estimate of drug-likeness (QED) is 0.360. The second kappa shape index (κ2) is 13.0. The minimum absolute atomic E-state index is 0.0124. The van der Waals surface area contributed by atoms with Crippen molar-refractivity contribution in [3.63, 3.8) is 0 Å². The number of rotatable bonds is 13. The highest BCUT2D eigenvalue weighted by Gasteiger charge is 2.29. The Morgan fingerprint density at radius 3 is 2.97 bits per heavy atom. The van der Waals surface area contributed by atoms with Gasteiger partial charge in [0.2, 0.25) is 0 Å². The molecule has 0 unspecified atom stereocenters. The molecule has 1 heterocycles. The van der Waals surface area contributed by atoms with Crippen LogP contribution in [0.5, 0.6) is 0 Å². The third-order valence-corrected chi connectivity index (χ3v) is 6.51. The van der Waals surface area contributed by atoms with Crippen molar-refractivity contribution < 1.29 is 24.5 Å². The van der Waals surface area contributed by atoms with Gasteiger partial charge in [-0.25, -0.2) is 0 Å². The number of nitrogens with zero attached hydrogens (tertiary/aromatic N) is 1. The van der Waals surface area contributed by atoms with Gasteiger partial charge in [0.05, 0.1) is 18.8 Å². The van der Waals surface area contributed by atoms with Crippen LogP contribution in [-0.2, 0) is 22.6 Å². The van der Waals surface area contributed by atoms with Crippen LogP contribution in [0, 0.1) is 0 Å². The first-order valence-corrected chi connectivity index (χ1v) is 11.8. The number of carboxylic acids is 1. The summed E-state index contributed by atoms with van der Waals surface area (Å²) in [5, 5.41) is 19.1. The molecule has 1 aromatic rings. The predicted molar refractivity (Wildman–Crippen MR) is 119 cm³/mol. The number of aliphatic hydroxyl groups excluding tert-OH is 1. The fourth-order valence-corrected chi connectivity index (χ4v) is 4.93. The molecule has 1 aliphatic heterocycles. The van der Waals surface area contributed by atoms with Crippen molar-refractivity contribution in [1.82, 2.24) is 4.90 Å². The van der Waals surface area contributed by atoms with Gasteiger partial charge in [0, 0.05) is 38.0 Å². The SMILES string of the molecule is COCc1cccc(C[C@H](O)C=C[C@H]2CSC(=O)N2CCSCCCC(=O)O)c1. The standard InChI is InChI=1S/C21H29NO5S2/c1-27-14-17-5-2-4-16(12-17)13-19(23)8-7-18-15-29-21(26)22(18)9-11-28-10-3-6-20(24)25/h2,4-5,7-8,12,18-19,23H,3,6,9-11,13-15H2,1H3,(H,24,25)/t18-,19+/m0/s1. The van der Waals surface area contributed by atoms with Crippen LogP contribution in [-0.4, -0.2) is 69.4 Å². The van der Waals surface area contributed by atoms with Crippen LogP contribution >= 0.6 is 23.5 Å². The number of carbonyl (C=O) groups excluding carboxylic acids is 1. The predicted octanol–water partition coefficient (Wildman–Crippen LogP) is 3.43.